The summed E-state index contributed by atoms with van der Waals surface area (Å²) in [5.41, 5.74) is 3.47. The molecule has 0 bridgehead atoms. The molecular weight excluding hydrogens is 424 g/mol. The van der Waals surface area contributed by atoms with Crippen molar-refractivity contribution in [3.05, 3.63) is 76.9 Å². The molecule has 0 radical (unpaired) electrons. The van der Waals surface area contributed by atoms with Crippen LogP contribution in [0.1, 0.15) is 34.1 Å². The minimum Gasteiger partial charge on any atom is -0.497 e. The second-order valence-corrected chi connectivity index (χ2v) is 8.01. The first-order valence-corrected chi connectivity index (χ1v) is 10.6. The molecule has 0 fully saturated rings. The van der Waals surface area contributed by atoms with E-state index in [1.807, 2.05) is 54.6 Å². The fraction of sp³-hybridized carbons (Fsp3) is 0.269. The summed E-state index contributed by atoms with van der Waals surface area (Å²) in [5.74, 6) is 0.463. The Balaban J connectivity index is 1.73. The average molecular weight is 448 g/mol. The van der Waals surface area contributed by atoms with E-state index in [1.54, 1.807) is 21.3 Å². The van der Waals surface area contributed by atoms with Crippen LogP contribution >= 0.6 is 0 Å². The molecule has 0 aromatic heterocycles. The van der Waals surface area contributed by atoms with Crippen molar-refractivity contribution in [1.82, 2.24) is 0 Å². The molecule has 7 heteroatoms. The number of hydrogen-bond donors (Lipinski definition) is 1. The van der Waals surface area contributed by atoms with E-state index in [4.69, 9.17) is 23.7 Å². The van der Waals surface area contributed by atoms with Crippen LogP contribution in [0.25, 0.3) is 0 Å². The molecule has 0 saturated carbocycles. The highest BCUT2D eigenvalue weighted by Crippen LogP contribution is 2.57. The highest BCUT2D eigenvalue weighted by atomic mass is 16.7. The van der Waals surface area contributed by atoms with Gasteiger partial charge in [-0.15, -0.1) is 0 Å². The summed E-state index contributed by atoms with van der Waals surface area (Å²) in [7, 11) is 4.76. The Morgan fingerprint density at radius 3 is 2.18 bits per heavy atom. The Morgan fingerprint density at radius 2 is 1.52 bits per heavy atom. The number of fused-ring (bicyclic) bond motifs is 2. The molecule has 1 heterocycles. The maximum absolute atomic E-state index is 12.8. The van der Waals surface area contributed by atoms with Crippen LogP contribution in [-0.4, -0.2) is 39.2 Å². The molecule has 0 saturated heterocycles. The topological polar surface area (TPSA) is 83.5 Å². The lowest BCUT2D eigenvalue weighted by Gasteiger charge is -2.24. The van der Waals surface area contributed by atoms with E-state index in [9.17, 15) is 9.90 Å². The van der Waals surface area contributed by atoms with Crippen LogP contribution in [0.15, 0.2) is 54.6 Å². The summed E-state index contributed by atoms with van der Waals surface area (Å²) >= 11 is 0. The van der Waals surface area contributed by atoms with Crippen molar-refractivity contribution < 1.29 is 33.6 Å². The number of hydrogen-bond acceptors (Lipinski definition) is 6. The lowest BCUT2D eigenvalue weighted by molar-refractivity contribution is -0.142. The van der Waals surface area contributed by atoms with E-state index in [-0.39, 0.29) is 6.79 Å². The first-order valence-electron chi connectivity index (χ1n) is 10.6. The molecule has 0 amide bonds. The number of carbonyl (C=O) groups is 1. The van der Waals surface area contributed by atoms with Crippen LogP contribution in [-0.2, 0) is 4.79 Å². The number of benzene rings is 3. The van der Waals surface area contributed by atoms with E-state index in [2.05, 4.69) is 0 Å². The second kappa shape index (κ2) is 8.24. The van der Waals surface area contributed by atoms with Crippen molar-refractivity contribution in [3.8, 4) is 28.7 Å². The molecule has 2 aliphatic rings. The van der Waals surface area contributed by atoms with E-state index >= 15 is 0 Å². The fourth-order valence-electron chi connectivity index (χ4n) is 5.07. The zero-order valence-corrected chi connectivity index (χ0v) is 18.5. The van der Waals surface area contributed by atoms with Gasteiger partial charge >= 0.3 is 5.97 Å². The molecule has 1 aliphatic heterocycles. The minimum atomic E-state index is -0.893. The van der Waals surface area contributed by atoms with Gasteiger partial charge in [0.1, 0.15) is 11.5 Å². The maximum Gasteiger partial charge on any atom is 0.308 e. The molecular formula is C26H24O7. The SMILES string of the molecule is COc1ccc(C2c3cc(OC)ccc3C(c3ccc4c(c3OC)OCO4)C2C(=O)O)cc1. The van der Waals surface area contributed by atoms with E-state index in [0.29, 0.717) is 28.7 Å². The second-order valence-electron chi connectivity index (χ2n) is 8.01. The largest absolute Gasteiger partial charge is 0.497 e. The quantitative estimate of drug-likeness (QED) is 0.598. The Morgan fingerprint density at radius 1 is 0.818 bits per heavy atom. The van der Waals surface area contributed by atoms with Crippen molar-refractivity contribution in [2.45, 2.75) is 11.8 Å². The molecule has 1 aliphatic carbocycles. The van der Waals surface area contributed by atoms with Crippen molar-refractivity contribution in [2.24, 2.45) is 5.92 Å². The summed E-state index contributed by atoms with van der Waals surface area (Å²) in [6.45, 7) is 0.102. The van der Waals surface area contributed by atoms with Gasteiger partial charge in [-0.25, -0.2) is 0 Å². The lowest BCUT2D eigenvalue weighted by atomic mass is 9.79. The summed E-state index contributed by atoms with van der Waals surface area (Å²) in [6, 6.07) is 17.0. The van der Waals surface area contributed by atoms with Crippen LogP contribution in [0.2, 0.25) is 0 Å². The third-order valence-corrected chi connectivity index (χ3v) is 6.51. The van der Waals surface area contributed by atoms with Crippen LogP contribution in [0.5, 0.6) is 28.7 Å². The van der Waals surface area contributed by atoms with Gasteiger partial charge in [-0.1, -0.05) is 24.3 Å². The van der Waals surface area contributed by atoms with Crippen molar-refractivity contribution in [2.75, 3.05) is 28.1 Å². The third kappa shape index (κ3) is 3.31. The first-order chi connectivity index (χ1) is 16.1. The van der Waals surface area contributed by atoms with E-state index < -0.39 is 23.7 Å². The zero-order chi connectivity index (χ0) is 23.1. The van der Waals surface area contributed by atoms with Gasteiger partial charge in [0.2, 0.25) is 12.5 Å². The normalized spacial score (nSPS) is 20.3. The lowest BCUT2D eigenvalue weighted by Crippen LogP contribution is -2.24. The number of aliphatic carboxylic acids is 1. The smallest absolute Gasteiger partial charge is 0.308 e. The summed E-state index contributed by atoms with van der Waals surface area (Å²) in [5, 5.41) is 10.5. The Labute approximate surface area is 191 Å². The molecule has 3 aromatic carbocycles. The summed E-state index contributed by atoms with van der Waals surface area (Å²) in [4.78, 5) is 12.8. The molecule has 3 atom stereocenters. The minimum absolute atomic E-state index is 0.102. The van der Waals surface area contributed by atoms with Crippen molar-refractivity contribution in [3.63, 3.8) is 0 Å². The predicted molar refractivity (Wildman–Crippen MR) is 120 cm³/mol. The maximum atomic E-state index is 12.8. The van der Waals surface area contributed by atoms with Crippen LogP contribution in [0.3, 0.4) is 0 Å². The standard InChI is InChI=1S/C26H24O7/c1-29-15-6-4-14(5-7-15)21-19-12-16(30-2)8-9-17(19)22(23(21)26(27)28)18-10-11-20-25(24(18)31-3)33-13-32-20/h4-12,21-23H,13H2,1-3H3,(H,27,28). The van der Waals surface area contributed by atoms with Gasteiger partial charge in [0.25, 0.3) is 0 Å². The highest BCUT2D eigenvalue weighted by Gasteiger charge is 2.48. The molecule has 5 rings (SSSR count). The van der Waals surface area contributed by atoms with E-state index in [1.165, 1.54) is 0 Å². The molecule has 3 unspecified atom stereocenters. The third-order valence-electron chi connectivity index (χ3n) is 6.51. The summed E-state index contributed by atoms with van der Waals surface area (Å²) in [6.07, 6.45) is 0. The molecule has 170 valence electrons. The first kappa shape index (κ1) is 21.0. The molecule has 1 N–H and O–H groups in total. The monoisotopic (exact) mass is 448 g/mol. The van der Waals surface area contributed by atoms with Crippen LogP contribution < -0.4 is 23.7 Å². The molecule has 33 heavy (non-hydrogen) atoms. The molecule has 3 aromatic rings. The zero-order valence-electron chi connectivity index (χ0n) is 18.5. The number of carboxylic acids is 1. The van der Waals surface area contributed by atoms with E-state index in [0.717, 1.165) is 22.3 Å². The van der Waals surface area contributed by atoms with Gasteiger partial charge in [-0.3, -0.25) is 4.79 Å². The number of rotatable bonds is 6. The summed E-state index contributed by atoms with van der Waals surface area (Å²) < 4.78 is 27.6. The van der Waals surface area contributed by atoms with Gasteiger partial charge in [-0.2, -0.15) is 0 Å². The predicted octanol–water partition coefficient (Wildman–Crippen LogP) is 4.42. The van der Waals surface area contributed by atoms with Gasteiger partial charge in [0.05, 0.1) is 27.2 Å². The number of carboxylic acid groups (broad SMARTS) is 1. The highest BCUT2D eigenvalue weighted by molar-refractivity contribution is 5.79. The van der Waals surface area contributed by atoms with Gasteiger partial charge in [0, 0.05) is 17.4 Å². The van der Waals surface area contributed by atoms with Crippen molar-refractivity contribution in [1.29, 1.82) is 0 Å². The van der Waals surface area contributed by atoms with Gasteiger partial charge < -0.3 is 28.8 Å². The Hall–Kier alpha value is -3.87. The Kier molecular flexibility index (Phi) is 5.24. The molecule has 0 spiro atoms. The fourth-order valence-corrected chi connectivity index (χ4v) is 5.07. The van der Waals surface area contributed by atoms with Gasteiger partial charge in [-0.05, 0) is 47.0 Å². The number of ether oxygens (including phenoxy) is 5. The molecule has 7 nitrogen and oxygen atoms in total. The van der Waals surface area contributed by atoms with Crippen LogP contribution in [0.4, 0.5) is 0 Å². The van der Waals surface area contributed by atoms with Gasteiger partial charge in [0.15, 0.2) is 11.5 Å². The van der Waals surface area contributed by atoms with Crippen molar-refractivity contribution >= 4 is 5.97 Å². The van der Waals surface area contributed by atoms with Crippen LogP contribution in [0, 0.1) is 5.92 Å². The average Bonchev–Trinajstić information content (AvgIpc) is 3.45. The Bertz CT molecular complexity index is 1200. The number of methoxy groups -OCH3 is 3.